The summed E-state index contributed by atoms with van der Waals surface area (Å²) in [6.07, 6.45) is 1.57. The third-order valence-electron chi connectivity index (χ3n) is 0.238. The van der Waals surface area contributed by atoms with E-state index in [4.69, 9.17) is 15.2 Å². The van der Waals surface area contributed by atoms with E-state index in [-0.39, 0.29) is 5.17 Å². The topological polar surface area (TPSA) is 90.3 Å². The molecule has 0 atom stereocenters. The predicted molar refractivity (Wildman–Crippen MR) is 53.1 cm³/mol. The maximum absolute atomic E-state index is 8.27. The maximum Gasteiger partial charge on any atom is 0.241 e. The molecule has 8 heteroatoms. The Hall–Kier alpha value is 0.740. The van der Waals surface area contributed by atoms with Gasteiger partial charge in [0, 0.05) is 0 Å². The molecule has 0 bridgehead atoms. The van der Waals surface area contributed by atoms with E-state index in [0.29, 0.717) is 0 Å². The van der Waals surface area contributed by atoms with Gasteiger partial charge in [-0.2, -0.15) is 0 Å². The standard InChI is InChI=1S/CH4N2S.CH5O2PS2/c2-1(3)4;1-6-4(2,3)5/h(H4,2,3,4);1H3,(H2,2,3,5). The lowest BCUT2D eigenvalue weighted by molar-refractivity contribution is 0.502. The normalized spacial score (nSPS) is 9.60. The summed E-state index contributed by atoms with van der Waals surface area (Å²) in [6.45, 7) is 0. The van der Waals surface area contributed by atoms with Gasteiger partial charge in [-0.25, -0.2) is 0 Å². The van der Waals surface area contributed by atoms with E-state index in [1.807, 2.05) is 0 Å². The summed E-state index contributed by atoms with van der Waals surface area (Å²) < 4.78 is 0. The third kappa shape index (κ3) is 37.4. The SMILES string of the molecule is CSP(O)(O)=S.N=C(N)S. The van der Waals surface area contributed by atoms with E-state index in [0.717, 1.165) is 11.4 Å². The molecule has 0 aromatic rings. The van der Waals surface area contributed by atoms with Crippen LogP contribution in [0, 0.1) is 5.41 Å². The van der Waals surface area contributed by atoms with Crippen LogP contribution in [0.3, 0.4) is 0 Å². The summed E-state index contributed by atoms with van der Waals surface area (Å²) in [6, 6.07) is 0. The molecule has 0 fully saturated rings. The Morgan fingerprint density at radius 2 is 1.90 bits per heavy atom. The first kappa shape index (κ1) is 13.3. The second kappa shape index (κ2) is 6.45. The zero-order valence-corrected chi connectivity index (χ0v) is 8.60. The van der Waals surface area contributed by atoms with Gasteiger partial charge in [0.2, 0.25) is 5.69 Å². The number of nitrogens with two attached hydrogens (primary N) is 1. The summed E-state index contributed by atoms with van der Waals surface area (Å²) >= 11 is 8.42. The smallest absolute Gasteiger partial charge is 0.241 e. The Kier molecular flexibility index (Phi) is 8.60. The largest absolute Gasteiger partial charge is 0.379 e. The number of thiol groups is 1. The zero-order chi connectivity index (χ0) is 8.78. The molecule has 62 valence electrons. The highest BCUT2D eigenvalue weighted by Crippen LogP contribution is 2.48. The summed E-state index contributed by atoms with van der Waals surface area (Å²) in [5, 5.41) is 6.00. The van der Waals surface area contributed by atoms with Crippen molar-refractivity contribution in [2.24, 2.45) is 5.73 Å². The lowest BCUT2D eigenvalue weighted by atomic mass is 11.4. The van der Waals surface area contributed by atoms with Crippen molar-refractivity contribution < 1.29 is 9.79 Å². The minimum absolute atomic E-state index is 0.139. The Bertz CT molecular complexity index is 141. The van der Waals surface area contributed by atoms with E-state index in [9.17, 15) is 0 Å². The summed E-state index contributed by atoms with van der Waals surface area (Å²) in [7, 11) is 0. The molecule has 0 aliphatic carbocycles. The van der Waals surface area contributed by atoms with Gasteiger partial charge in [-0.15, -0.1) is 12.6 Å². The van der Waals surface area contributed by atoms with Crippen molar-refractivity contribution in [1.29, 1.82) is 5.41 Å². The third-order valence-corrected chi connectivity index (χ3v) is 3.48. The van der Waals surface area contributed by atoms with Gasteiger partial charge in [0.25, 0.3) is 0 Å². The summed E-state index contributed by atoms with van der Waals surface area (Å²) in [5.41, 5.74) is 1.66. The fourth-order valence-corrected chi connectivity index (χ4v) is 0. The Morgan fingerprint density at radius 1 is 1.80 bits per heavy atom. The first-order valence-corrected chi connectivity index (χ1v) is 6.92. The van der Waals surface area contributed by atoms with Gasteiger partial charge in [0.05, 0.1) is 0 Å². The second-order valence-electron chi connectivity index (χ2n) is 1.06. The highest BCUT2D eigenvalue weighted by Gasteiger charge is 1.99. The minimum Gasteiger partial charge on any atom is -0.379 e. The lowest BCUT2D eigenvalue weighted by Gasteiger charge is -1.97. The fourth-order valence-electron chi connectivity index (χ4n) is 0. The molecule has 0 amide bonds. The van der Waals surface area contributed by atoms with Crippen molar-refractivity contribution >= 4 is 46.7 Å². The molecule has 0 aromatic heterocycles. The Morgan fingerprint density at radius 3 is 1.90 bits per heavy atom. The van der Waals surface area contributed by atoms with E-state index in [1.165, 1.54) is 0 Å². The molecule has 0 heterocycles. The quantitative estimate of drug-likeness (QED) is 0.191. The highest BCUT2D eigenvalue weighted by atomic mass is 32.9. The monoisotopic (exact) mass is 220 g/mol. The van der Waals surface area contributed by atoms with Gasteiger partial charge in [-0.3, -0.25) is 5.41 Å². The molecule has 0 saturated heterocycles. The van der Waals surface area contributed by atoms with Crippen LogP contribution in [0.1, 0.15) is 0 Å². The predicted octanol–water partition coefficient (Wildman–Crippen LogP) is 0.368. The van der Waals surface area contributed by atoms with Crippen LogP contribution in [0.15, 0.2) is 0 Å². The summed E-state index contributed by atoms with van der Waals surface area (Å²) in [5.74, 6) is 0. The molecule has 0 saturated carbocycles. The molecule has 4 nitrogen and oxygen atoms in total. The van der Waals surface area contributed by atoms with Crippen LogP contribution >= 0.6 is 29.7 Å². The van der Waals surface area contributed by atoms with Crippen LogP contribution in [0.2, 0.25) is 0 Å². The first-order chi connectivity index (χ1) is 4.29. The van der Waals surface area contributed by atoms with Crippen LogP contribution in [-0.2, 0) is 11.8 Å². The molecular weight excluding hydrogens is 211 g/mol. The van der Waals surface area contributed by atoms with Crippen molar-refractivity contribution in [2.45, 2.75) is 0 Å². The van der Waals surface area contributed by atoms with Gasteiger partial charge >= 0.3 is 0 Å². The average molecular weight is 220 g/mol. The molecule has 0 radical (unpaired) electrons. The lowest BCUT2D eigenvalue weighted by Crippen LogP contribution is -1.96. The van der Waals surface area contributed by atoms with Gasteiger partial charge in [0.15, 0.2) is 0 Å². The molecule has 0 rings (SSSR count). The first-order valence-electron chi connectivity index (χ1n) is 1.94. The van der Waals surface area contributed by atoms with Crippen molar-refractivity contribution in [2.75, 3.05) is 6.26 Å². The molecule has 0 aromatic carbocycles. The molecule has 0 unspecified atom stereocenters. The van der Waals surface area contributed by atoms with Crippen LogP contribution in [-0.4, -0.2) is 21.2 Å². The van der Waals surface area contributed by atoms with Gasteiger partial charge in [-0.05, 0) is 18.1 Å². The van der Waals surface area contributed by atoms with Crippen molar-refractivity contribution in [3.8, 4) is 0 Å². The van der Waals surface area contributed by atoms with E-state index >= 15 is 0 Å². The minimum atomic E-state index is -2.90. The average Bonchev–Trinajstić information content (AvgIpc) is 1.63. The number of hydrogen-bond donors (Lipinski definition) is 5. The zero-order valence-electron chi connectivity index (χ0n) is 5.18. The number of hydrogen-bond acceptors (Lipinski definition) is 3. The molecule has 0 spiro atoms. The van der Waals surface area contributed by atoms with Crippen molar-refractivity contribution in [3.05, 3.63) is 0 Å². The van der Waals surface area contributed by atoms with Crippen LogP contribution in [0.4, 0.5) is 0 Å². The van der Waals surface area contributed by atoms with E-state index in [1.54, 1.807) is 6.26 Å². The number of amidine groups is 1. The van der Waals surface area contributed by atoms with E-state index < -0.39 is 5.69 Å². The molecule has 5 N–H and O–H groups in total. The molecule has 0 aliphatic rings. The molecule has 0 aliphatic heterocycles. The van der Waals surface area contributed by atoms with E-state index in [2.05, 4.69) is 30.2 Å². The van der Waals surface area contributed by atoms with Gasteiger partial charge in [-0.1, -0.05) is 11.4 Å². The number of nitrogens with one attached hydrogen (secondary N) is 1. The van der Waals surface area contributed by atoms with Crippen molar-refractivity contribution in [3.63, 3.8) is 0 Å². The van der Waals surface area contributed by atoms with Crippen LogP contribution < -0.4 is 5.73 Å². The van der Waals surface area contributed by atoms with Crippen molar-refractivity contribution in [1.82, 2.24) is 0 Å². The van der Waals surface area contributed by atoms with Gasteiger partial charge < -0.3 is 15.5 Å². The maximum atomic E-state index is 8.27. The van der Waals surface area contributed by atoms with Crippen LogP contribution in [0.25, 0.3) is 0 Å². The number of rotatable bonds is 1. The van der Waals surface area contributed by atoms with Gasteiger partial charge in [0.1, 0.15) is 5.17 Å². The highest BCUT2D eigenvalue weighted by molar-refractivity contribution is 8.67. The fraction of sp³-hybridized carbons (Fsp3) is 0.500. The Balaban J connectivity index is 0. The second-order valence-corrected chi connectivity index (χ2v) is 7.73. The molecule has 10 heavy (non-hydrogen) atoms. The summed E-state index contributed by atoms with van der Waals surface area (Å²) in [4.78, 5) is 16.5. The Labute approximate surface area is 74.0 Å². The molecular formula is C2H9N2O2PS3. The van der Waals surface area contributed by atoms with Crippen LogP contribution in [0.5, 0.6) is 0 Å².